The first-order valence-corrected chi connectivity index (χ1v) is 5.66. The highest BCUT2D eigenvalue weighted by Crippen LogP contribution is 2.19. The zero-order valence-corrected chi connectivity index (χ0v) is 9.44. The second-order valence-corrected chi connectivity index (χ2v) is 4.31. The van der Waals surface area contributed by atoms with Gasteiger partial charge in [-0.15, -0.1) is 0 Å². The SMILES string of the molecule is CC1CC/C(=N\Nc2ccccc2)C(=O)C1. The van der Waals surface area contributed by atoms with Crippen LogP contribution in [0.4, 0.5) is 5.69 Å². The molecular weight excluding hydrogens is 200 g/mol. The largest absolute Gasteiger partial charge is 0.293 e. The van der Waals surface area contributed by atoms with Crippen molar-refractivity contribution < 1.29 is 4.79 Å². The smallest absolute Gasteiger partial charge is 0.179 e. The number of rotatable bonds is 2. The van der Waals surface area contributed by atoms with E-state index in [9.17, 15) is 4.79 Å². The first kappa shape index (κ1) is 10.9. The van der Waals surface area contributed by atoms with Gasteiger partial charge < -0.3 is 0 Å². The molecule has 1 aromatic carbocycles. The molecule has 1 fully saturated rings. The van der Waals surface area contributed by atoms with E-state index >= 15 is 0 Å². The number of carbonyl (C=O) groups is 1. The Balaban J connectivity index is 2.00. The quantitative estimate of drug-likeness (QED) is 0.772. The van der Waals surface area contributed by atoms with Crippen molar-refractivity contribution in [3.63, 3.8) is 0 Å². The van der Waals surface area contributed by atoms with E-state index < -0.39 is 0 Å². The third-order valence-electron chi connectivity index (χ3n) is 2.82. The molecule has 0 amide bonds. The molecule has 0 saturated heterocycles. The molecule has 1 unspecified atom stereocenters. The predicted molar refractivity (Wildman–Crippen MR) is 65.5 cm³/mol. The van der Waals surface area contributed by atoms with Crippen molar-refractivity contribution in [3.8, 4) is 0 Å². The molecule has 2 rings (SSSR count). The van der Waals surface area contributed by atoms with Crippen molar-refractivity contribution in [2.24, 2.45) is 11.0 Å². The molecule has 3 nitrogen and oxygen atoms in total. The summed E-state index contributed by atoms with van der Waals surface area (Å²) in [6.07, 6.45) is 2.48. The molecule has 0 aromatic heterocycles. The Morgan fingerprint density at radius 3 is 2.75 bits per heavy atom. The third kappa shape index (κ3) is 2.69. The first-order chi connectivity index (χ1) is 7.75. The van der Waals surface area contributed by atoms with Gasteiger partial charge in [0.15, 0.2) is 5.78 Å². The average Bonchev–Trinajstić information content (AvgIpc) is 2.29. The summed E-state index contributed by atoms with van der Waals surface area (Å²) in [7, 11) is 0. The number of ketones is 1. The van der Waals surface area contributed by atoms with Gasteiger partial charge in [0.25, 0.3) is 0 Å². The molecule has 3 heteroatoms. The maximum Gasteiger partial charge on any atom is 0.179 e. The molecular formula is C13H16N2O. The molecule has 1 atom stereocenters. The van der Waals surface area contributed by atoms with Gasteiger partial charge in [0.2, 0.25) is 0 Å². The van der Waals surface area contributed by atoms with Gasteiger partial charge >= 0.3 is 0 Å². The minimum Gasteiger partial charge on any atom is -0.293 e. The van der Waals surface area contributed by atoms with Crippen LogP contribution in [0.2, 0.25) is 0 Å². The van der Waals surface area contributed by atoms with Crippen LogP contribution >= 0.6 is 0 Å². The Kier molecular flexibility index (Phi) is 3.34. The van der Waals surface area contributed by atoms with Crippen LogP contribution in [0.25, 0.3) is 0 Å². The number of nitrogens with zero attached hydrogens (tertiary/aromatic N) is 1. The Morgan fingerprint density at radius 2 is 2.06 bits per heavy atom. The molecule has 0 heterocycles. The topological polar surface area (TPSA) is 41.5 Å². The van der Waals surface area contributed by atoms with Crippen LogP contribution in [-0.4, -0.2) is 11.5 Å². The molecule has 0 bridgehead atoms. The van der Waals surface area contributed by atoms with Crippen molar-refractivity contribution in [2.75, 3.05) is 5.43 Å². The lowest BCUT2D eigenvalue weighted by Crippen LogP contribution is -2.24. The summed E-state index contributed by atoms with van der Waals surface area (Å²) in [5, 5.41) is 4.19. The number of hydrogen-bond donors (Lipinski definition) is 1. The maximum absolute atomic E-state index is 11.7. The summed E-state index contributed by atoms with van der Waals surface area (Å²) in [4.78, 5) is 11.7. The van der Waals surface area contributed by atoms with E-state index in [4.69, 9.17) is 0 Å². The summed E-state index contributed by atoms with van der Waals surface area (Å²) >= 11 is 0. The van der Waals surface area contributed by atoms with Crippen LogP contribution in [0.5, 0.6) is 0 Å². The van der Waals surface area contributed by atoms with Crippen molar-refractivity contribution in [1.29, 1.82) is 0 Å². The summed E-state index contributed by atoms with van der Waals surface area (Å²) in [5.74, 6) is 0.686. The number of para-hydroxylation sites is 1. The molecule has 0 spiro atoms. The minimum absolute atomic E-state index is 0.183. The molecule has 0 radical (unpaired) electrons. The Bertz CT molecular complexity index is 398. The van der Waals surface area contributed by atoms with Crippen LogP contribution < -0.4 is 5.43 Å². The second-order valence-electron chi connectivity index (χ2n) is 4.31. The molecule has 1 aromatic rings. The Morgan fingerprint density at radius 1 is 1.31 bits per heavy atom. The molecule has 1 aliphatic carbocycles. The van der Waals surface area contributed by atoms with E-state index in [0.29, 0.717) is 18.1 Å². The van der Waals surface area contributed by atoms with E-state index in [1.54, 1.807) is 0 Å². The number of Topliss-reactive ketones (excluding diaryl/α,β-unsaturated/α-hetero) is 1. The van der Waals surface area contributed by atoms with Crippen molar-refractivity contribution in [1.82, 2.24) is 0 Å². The molecule has 0 aliphatic heterocycles. The van der Waals surface area contributed by atoms with Crippen molar-refractivity contribution in [2.45, 2.75) is 26.2 Å². The van der Waals surface area contributed by atoms with Gasteiger partial charge in [0, 0.05) is 6.42 Å². The Hall–Kier alpha value is -1.64. The number of anilines is 1. The number of benzene rings is 1. The van der Waals surface area contributed by atoms with Crippen molar-refractivity contribution >= 4 is 17.2 Å². The number of carbonyl (C=O) groups excluding carboxylic acids is 1. The molecule has 1 saturated carbocycles. The highest BCUT2D eigenvalue weighted by atomic mass is 16.1. The van der Waals surface area contributed by atoms with Gasteiger partial charge in [-0.1, -0.05) is 25.1 Å². The van der Waals surface area contributed by atoms with E-state index in [2.05, 4.69) is 17.5 Å². The number of nitrogens with one attached hydrogen (secondary N) is 1. The van der Waals surface area contributed by atoms with Gasteiger partial charge in [-0.25, -0.2) is 0 Å². The highest BCUT2D eigenvalue weighted by Gasteiger charge is 2.21. The Labute approximate surface area is 95.6 Å². The van der Waals surface area contributed by atoms with Crippen LogP contribution in [-0.2, 0) is 4.79 Å². The number of hydrogen-bond acceptors (Lipinski definition) is 3. The van der Waals surface area contributed by atoms with Gasteiger partial charge in [0.1, 0.15) is 5.71 Å². The molecule has 84 valence electrons. The van der Waals surface area contributed by atoms with Crippen molar-refractivity contribution in [3.05, 3.63) is 30.3 Å². The monoisotopic (exact) mass is 216 g/mol. The summed E-state index contributed by atoms with van der Waals surface area (Å²) in [6.45, 7) is 2.11. The second kappa shape index (κ2) is 4.92. The maximum atomic E-state index is 11.7. The summed E-state index contributed by atoms with van der Waals surface area (Å²) < 4.78 is 0. The van der Waals surface area contributed by atoms with E-state index in [1.165, 1.54) is 0 Å². The van der Waals surface area contributed by atoms with Crippen LogP contribution in [0.1, 0.15) is 26.2 Å². The fourth-order valence-corrected chi connectivity index (χ4v) is 1.82. The van der Waals surface area contributed by atoms with E-state index in [0.717, 1.165) is 18.5 Å². The minimum atomic E-state index is 0.183. The summed E-state index contributed by atoms with van der Waals surface area (Å²) in [5.41, 5.74) is 4.53. The van der Waals surface area contributed by atoms with Gasteiger partial charge in [0.05, 0.1) is 5.69 Å². The zero-order chi connectivity index (χ0) is 11.4. The lowest BCUT2D eigenvalue weighted by molar-refractivity contribution is -0.114. The number of hydrazone groups is 1. The fourth-order valence-electron chi connectivity index (χ4n) is 1.82. The van der Waals surface area contributed by atoms with Crippen LogP contribution in [0.3, 0.4) is 0 Å². The summed E-state index contributed by atoms with van der Waals surface area (Å²) in [6, 6.07) is 9.69. The fraction of sp³-hybridized carbons (Fsp3) is 0.385. The van der Waals surface area contributed by atoms with Gasteiger partial charge in [-0.05, 0) is 30.9 Å². The van der Waals surface area contributed by atoms with E-state index in [1.807, 2.05) is 30.3 Å². The highest BCUT2D eigenvalue weighted by molar-refractivity contribution is 6.40. The predicted octanol–water partition coefficient (Wildman–Crippen LogP) is 2.84. The lowest BCUT2D eigenvalue weighted by Gasteiger charge is -2.17. The third-order valence-corrected chi connectivity index (χ3v) is 2.82. The van der Waals surface area contributed by atoms with E-state index in [-0.39, 0.29) is 5.78 Å². The van der Waals surface area contributed by atoms with Gasteiger partial charge in [-0.3, -0.25) is 10.2 Å². The van der Waals surface area contributed by atoms with Gasteiger partial charge in [-0.2, -0.15) is 5.10 Å². The standard InChI is InChI=1S/C13H16N2O/c1-10-7-8-12(13(16)9-10)15-14-11-5-3-2-4-6-11/h2-6,10,14H,7-9H2,1H3/b15-12+. The zero-order valence-electron chi connectivity index (χ0n) is 9.44. The molecule has 16 heavy (non-hydrogen) atoms. The van der Waals surface area contributed by atoms with Crippen LogP contribution in [0, 0.1) is 5.92 Å². The average molecular weight is 216 g/mol. The lowest BCUT2D eigenvalue weighted by atomic mass is 9.88. The molecule has 1 N–H and O–H groups in total. The normalized spacial score (nSPS) is 23.4. The molecule has 1 aliphatic rings. The van der Waals surface area contributed by atoms with Crippen LogP contribution in [0.15, 0.2) is 35.4 Å². The first-order valence-electron chi connectivity index (χ1n) is 5.66.